The summed E-state index contributed by atoms with van der Waals surface area (Å²) in [5.74, 6) is 0.436. The second-order valence-corrected chi connectivity index (χ2v) is 8.29. The van der Waals surface area contributed by atoms with Crippen LogP contribution < -0.4 is 10.3 Å². The van der Waals surface area contributed by atoms with Crippen LogP contribution in [0.15, 0.2) is 83.9 Å². The monoisotopic (exact) mass is 472 g/mol. The summed E-state index contributed by atoms with van der Waals surface area (Å²) >= 11 is 0. The molecular weight excluding hydrogens is 450 g/mol. The number of rotatable bonds is 6. The van der Waals surface area contributed by atoms with Crippen molar-refractivity contribution in [3.63, 3.8) is 0 Å². The molecule has 35 heavy (non-hydrogen) atoms. The second-order valence-electron chi connectivity index (χ2n) is 8.29. The SMILES string of the molecule is Cn1cc(-c2ccc(=O)n(C)c2)c(OCc2ccc(-c3nc4ccccc4cc3C(F)F)cc2)n1. The van der Waals surface area contributed by atoms with E-state index < -0.39 is 6.43 Å². The van der Waals surface area contributed by atoms with Gasteiger partial charge in [-0.25, -0.2) is 13.8 Å². The summed E-state index contributed by atoms with van der Waals surface area (Å²) < 4.78 is 36.7. The smallest absolute Gasteiger partial charge is 0.265 e. The van der Waals surface area contributed by atoms with Gasteiger partial charge in [0.05, 0.1) is 16.8 Å². The number of halogens is 2. The highest BCUT2D eigenvalue weighted by molar-refractivity contribution is 5.83. The summed E-state index contributed by atoms with van der Waals surface area (Å²) in [6, 6.07) is 19.2. The van der Waals surface area contributed by atoms with Crippen molar-refractivity contribution in [2.24, 2.45) is 14.1 Å². The minimum Gasteiger partial charge on any atom is -0.471 e. The quantitative estimate of drug-likeness (QED) is 0.327. The van der Waals surface area contributed by atoms with Crippen molar-refractivity contribution in [1.82, 2.24) is 19.3 Å². The summed E-state index contributed by atoms with van der Waals surface area (Å²) in [4.78, 5) is 16.2. The Kier molecular flexibility index (Phi) is 5.86. The van der Waals surface area contributed by atoms with E-state index in [9.17, 15) is 13.6 Å². The predicted molar refractivity (Wildman–Crippen MR) is 130 cm³/mol. The number of nitrogens with zero attached hydrogens (tertiary/aromatic N) is 4. The number of alkyl halides is 2. The fraction of sp³-hybridized carbons (Fsp3) is 0.148. The molecular formula is C27H22F2N4O2. The number of hydrogen-bond donors (Lipinski definition) is 0. The Morgan fingerprint density at radius 3 is 2.43 bits per heavy atom. The highest BCUT2D eigenvalue weighted by Crippen LogP contribution is 2.33. The van der Waals surface area contributed by atoms with E-state index in [0.29, 0.717) is 22.3 Å². The topological polar surface area (TPSA) is 61.9 Å². The number of benzene rings is 2. The third kappa shape index (κ3) is 4.55. The Morgan fingerprint density at radius 1 is 0.943 bits per heavy atom. The highest BCUT2D eigenvalue weighted by atomic mass is 19.3. The maximum Gasteiger partial charge on any atom is 0.265 e. The lowest BCUT2D eigenvalue weighted by molar-refractivity contribution is 0.152. The zero-order valence-electron chi connectivity index (χ0n) is 19.2. The zero-order valence-corrected chi connectivity index (χ0v) is 19.2. The van der Waals surface area contributed by atoms with Crippen LogP contribution in [0.5, 0.6) is 5.88 Å². The van der Waals surface area contributed by atoms with E-state index in [0.717, 1.165) is 16.7 Å². The number of ether oxygens (including phenoxy) is 1. The molecule has 0 radical (unpaired) electrons. The molecule has 8 heteroatoms. The van der Waals surface area contributed by atoms with Gasteiger partial charge in [0.15, 0.2) is 0 Å². The second kappa shape index (κ2) is 9.13. The van der Waals surface area contributed by atoms with Gasteiger partial charge in [0, 0.05) is 54.6 Å². The fourth-order valence-electron chi connectivity index (χ4n) is 3.97. The van der Waals surface area contributed by atoms with Gasteiger partial charge >= 0.3 is 0 Å². The fourth-order valence-corrected chi connectivity index (χ4v) is 3.97. The average molecular weight is 472 g/mol. The molecule has 0 aliphatic rings. The molecule has 0 N–H and O–H groups in total. The molecule has 176 valence electrons. The van der Waals surface area contributed by atoms with Crippen LogP contribution in [0.4, 0.5) is 8.78 Å². The Balaban J connectivity index is 1.39. The van der Waals surface area contributed by atoms with Crippen LogP contribution in [0.2, 0.25) is 0 Å². The van der Waals surface area contributed by atoms with Gasteiger partial charge in [0.1, 0.15) is 6.61 Å². The van der Waals surface area contributed by atoms with Gasteiger partial charge in [0.2, 0.25) is 11.4 Å². The third-order valence-corrected chi connectivity index (χ3v) is 5.78. The molecule has 0 amide bonds. The molecule has 0 unspecified atom stereocenters. The van der Waals surface area contributed by atoms with Gasteiger partial charge in [-0.3, -0.25) is 9.48 Å². The number of pyridine rings is 2. The van der Waals surface area contributed by atoms with Crippen molar-refractivity contribution < 1.29 is 13.5 Å². The Bertz CT molecular complexity index is 1570. The molecule has 0 spiro atoms. The lowest BCUT2D eigenvalue weighted by atomic mass is 10.0. The lowest BCUT2D eigenvalue weighted by Gasteiger charge is -2.11. The van der Waals surface area contributed by atoms with E-state index >= 15 is 0 Å². The first-order valence-electron chi connectivity index (χ1n) is 11.0. The first-order chi connectivity index (χ1) is 16.9. The van der Waals surface area contributed by atoms with Crippen molar-refractivity contribution in [3.05, 3.63) is 101 Å². The number of hydrogen-bond acceptors (Lipinski definition) is 4. The Hall–Kier alpha value is -4.33. The van der Waals surface area contributed by atoms with E-state index in [1.54, 1.807) is 55.3 Å². The molecule has 0 saturated carbocycles. The average Bonchev–Trinajstić information content (AvgIpc) is 3.24. The maximum absolute atomic E-state index is 13.8. The number of aromatic nitrogens is 4. The largest absolute Gasteiger partial charge is 0.471 e. The first-order valence-corrected chi connectivity index (χ1v) is 11.0. The number of para-hydroxylation sites is 1. The molecule has 6 nitrogen and oxygen atoms in total. The zero-order chi connectivity index (χ0) is 24.5. The van der Waals surface area contributed by atoms with E-state index in [2.05, 4.69) is 10.1 Å². The number of aryl methyl sites for hydroxylation is 2. The van der Waals surface area contributed by atoms with Crippen LogP contribution in [-0.2, 0) is 20.7 Å². The molecule has 5 aromatic rings. The van der Waals surface area contributed by atoms with Crippen LogP contribution in [0, 0.1) is 0 Å². The standard InChI is InChI=1S/C27H22F2N4O2/c1-32-14-20(11-12-24(32)34)22-15-33(2)31-27(22)35-16-17-7-9-18(10-8-17)25-21(26(28)29)13-19-5-3-4-6-23(19)30-25/h3-15,26H,16H2,1-2H3. The summed E-state index contributed by atoms with van der Waals surface area (Å²) in [6.45, 7) is 0.239. The van der Waals surface area contributed by atoms with E-state index in [-0.39, 0.29) is 23.4 Å². The normalized spacial score (nSPS) is 11.3. The van der Waals surface area contributed by atoms with Gasteiger partial charge in [-0.15, -0.1) is 5.10 Å². The molecule has 0 aliphatic heterocycles. The summed E-state index contributed by atoms with van der Waals surface area (Å²) in [6.07, 6.45) is 0.929. The Morgan fingerprint density at radius 2 is 1.69 bits per heavy atom. The third-order valence-electron chi connectivity index (χ3n) is 5.78. The highest BCUT2D eigenvalue weighted by Gasteiger charge is 2.17. The molecule has 5 rings (SSSR count). The maximum atomic E-state index is 13.8. The van der Waals surface area contributed by atoms with Gasteiger partial charge < -0.3 is 9.30 Å². The van der Waals surface area contributed by atoms with E-state index in [4.69, 9.17) is 4.74 Å². The predicted octanol–water partition coefficient (Wildman–Crippen LogP) is 5.52. The molecule has 0 fully saturated rings. The van der Waals surface area contributed by atoms with E-state index in [1.165, 1.54) is 16.7 Å². The molecule has 0 aliphatic carbocycles. The molecule has 3 heterocycles. The van der Waals surface area contributed by atoms with Gasteiger partial charge in [0.25, 0.3) is 6.43 Å². The summed E-state index contributed by atoms with van der Waals surface area (Å²) in [7, 11) is 3.48. The van der Waals surface area contributed by atoms with Crippen molar-refractivity contribution in [2.45, 2.75) is 13.0 Å². The minimum atomic E-state index is -2.63. The van der Waals surface area contributed by atoms with Gasteiger partial charge in [-0.05, 0) is 23.8 Å². The van der Waals surface area contributed by atoms with Crippen LogP contribution in [0.3, 0.4) is 0 Å². The summed E-state index contributed by atoms with van der Waals surface area (Å²) in [5.41, 5.74) is 3.78. The molecule has 0 saturated heterocycles. The lowest BCUT2D eigenvalue weighted by Crippen LogP contribution is -2.13. The molecule has 0 atom stereocenters. The van der Waals surface area contributed by atoms with Crippen LogP contribution in [0.1, 0.15) is 17.6 Å². The minimum absolute atomic E-state index is 0.0944. The van der Waals surface area contributed by atoms with E-state index in [1.807, 2.05) is 30.5 Å². The molecule has 0 bridgehead atoms. The first kappa shape index (κ1) is 22.5. The molecule has 2 aromatic carbocycles. The van der Waals surface area contributed by atoms with Crippen LogP contribution in [-0.4, -0.2) is 19.3 Å². The van der Waals surface area contributed by atoms with Gasteiger partial charge in [-0.1, -0.05) is 42.5 Å². The van der Waals surface area contributed by atoms with Crippen molar-refractivity contribution >= 4 is 10.9 Å². The Labute approximate surface area is 200 Å². The summed E-state index contributed by atoms with van der Waals surface area (Å²) in [5, 5.41) is 5.07. The van der Waals surface area contributed by atoms with Crippen molar-refractivity contribution in [1.29, 1.82) is 0 Å². The van der Waals surface area contributed by atoms with Crippen molar-refractivity contribution in [3.8, 4) is 28.3 Å². The van der Waals surface area contributed by atoms with Crippen LogP contribution >= 0.6 is 0 Å². The molecule has 3 aromatic heterocycles. The van der Waals surface area contributed by atoms with Crippen LogP contribution in [0.25, 0.3) is 33.3 Å². The number of fused-ring (bicyclic) bond motifs is 1. The van der Waals surface area contributed by atoms with Gasteiger partial charge in [-0.2, -0.15) is 0 Å². The van der Waals surface area contributed by atoms with Crippen molar-refractivity contribution in [2.75, 3.05) is 0 Å².